The summed E-state index contributed by atoms with van der Waals surface area (Å²) in [6.45, 7) is 3.24. The van der Waals surface area contributed by atoms with Gasteiger partial charge in [0.2, 0.25) is 11.8 Å². The van der Waals surface area contributed by atoms with Gasteiger partial charge in [0.05, 0.1) is 17.2 Å². The highest BCUT2D eigenvalue weighted by Crippen LogP contribution is 2.27. The van der Waals surface area contributed by atoms with Crippen molar-refractivity contribution in [3.8, 4) is 5.75 Å². The Bertz CT molecular complexity index is 1370. The number of benzene rings is 3. The van der Waals surface area contributed by atoms with Crippen LogP contribution in [0.3, 0.4) is 0 Å². The highest BCUT2D eigenvalue weighted by Gasteiger charge is 2.33. The average molecular weight is 560 g/mol. The van der Waals surface area contributed by atoms with Crippen molar-refractivity contribution >= 4 is 27.5 Å². The number of likely N-dealkylation sites (N-methyl/N-ethyl adjacent to an activating group) is 1. The summed E-state index contributed by atoms with van der Waals surface area (Å²) in [6, 6.07) is 15.0. The summed E-state index contributed by atoms with van der Waals surface area (Å²) in [5, 5.41) is 2.54. The molecule has 0 aliphatic rings. The van der Waals surface area contributed by atoms with E-state index in [1.807, 2.05) is 6.92 Å². The number of carbonyl (C=O) groups is 2. The van der Waals surface area contributed by atoms with Gasteiger partial charge in [-0.1, -0.05) is 19.1 Å². The van der Waals surface area contributed by atoms with Gasteiger partial charge in [0.15, 0.2) is 0 Å². The first-order valence-corrected chi connectivity index (χ1v) is 13.8. The number of halogens is 2. The maximum Gasteiger partial charge on any atom is 0.264 e. The van der Waals surface area contributed by atoms with Crippen LogP contribution in [0.5, 0.6) is 5.75 Å². The Morgan fingerprint density at radius 1 is 0.897 bits per heavy atom. The van der Waals surface area contributed by atoms with Crippen molar-refractivity contribution in [3.63, 3.8) is 0 Å². The molecule has 0 radical (unpaired) electrons. The maximum atomic E-state index is 13.8. The number of nitrogens with zero attached hydrogens (tertiary/aromatic N) is 2. The van der Waals surface area contributed by atoms with Crippen molar-refractivity contribution in [1.29, 1.82) is 0 Å². The molecule has 8 nitrogen and oxygen atoms in total. The monoisotopic (exact) mass is 559 g/mol. The van der Waals surface area contributed by atoms with Gasteiger partial charge in [0.1, 0.15) is 30.0 Å². The quantitative estimate of drug-likeness (QED) is 0.360. The van der Waals surface area contributed by atoms with Gasteiger partial charge < -0.3 is 15.0 Å². The highest BCUT2D eigenvalue weighted by molar-refractivity contribution is 7.92. The van der Waals surface area contributed by atoms with Crippen LogP contribution in [-0.4, -0.2) is 51.4 Å². The molecule has 0 saturated carbocycles. The summed E-state index contributed by atoms with van der Waals surface area (Å²) < 4.78 is 60.8. The van der Waals surface area contributed by atoms with E-state index < -0.39 is 46.1 Å². The van der Waals surface area contributed by atoms with Crippen molar-refractivity contribution in [2.45, 2.75) is 37.8 Å². The molecule has 0 aliphatic heterocycles. The van der Waals surface area contributed by atoms with Crippen LogP contribution in [0.1, 0.15) is 25.8 Å². The van der Waals surface area contributed by atoms with Gasteiger partial charge in [-0.3, -0.25) is 13.9 Å². The molecule has 0 aromatic heterocycles. The van der Waals surface area contributed by atoms with E-state index in [1.54, 1.807) is 19.1 Å². The summed E-state index contributed by atoms with van der Waals surface area (Å²) in [4.78, 5) is 27.6. The first kappa shape index (κ1) is 29.6. The van der Waals surface area contributed by atoms with Gasteiger partial charge in [-0.25, -0.2) is 17.2 Å². The molecule has 0 aliphatic carbocycles. The molecule has 1 atom stereocenters. The molecule has 2 amide bonds. The Labute approximate surface area is 227 Å². The minimum atomic E-state index is -4.33. The Hall–Kier alpha value is -3.99. The maximum absolute atomic E-state index is 13.8. The fraction of sp³-hybridized carbons (Fsp3) is 0.286. The molecule has 0 bridgehead atoms. The molecule has 3 aromatic rings. The number of amides is 2. The van der Waals surface area contributed by atoms with Gasteiger partial charge in [-0.2, -0.15) is 0 Å². The second kappa shape index (κ2) is 13.2. The van der Waals surface area contributed by atoms with Crippen LogP contribution >= 0.6 is 0 Å². The Balaban J connectivity index is 2.05. The fourth-order valence-corrected chi connectivity index (χ4v) is 5.42. The Kier molecular flexibility index (Phi) is 10.00. The summed E-state index contributed by atoms with van der Waals surface area (Å²) in [7, 11) is -2.89. The molecular formula is C28H31F2N3O5S. The molecule has 0 unspecified atom stereocenters. The Morgan fingerprint density at radius 2 is 1.46 bits per heavy atom. The van der Waals surface area contributed by atoms with E-state index in [9.17, 15) is 26.8 Å². The molecule has 0 spiro atoms. The molecule has 3 rings (SSSR count). The van der Waals surface area contributed by atoms with E-state index in [1.165, 1.54) is 48.3 Å². The number of nitrogens with one attached hydrogen (secondary N) is 1. The minimum absolute atomic E-state index is 0.0568. The lowest BCUT2D eigenvalue weighted by atomic mass is 10.1. The minimum Gasteiger partial charge on any atom is -0.494 e. The van der Waals surface area contributed by atoms with E-state index in [4.69, 9.17) is 4.74 Å². The largest absolute Gasteiger partial charge is 0.494 e. The zero-order valence-electron chi connectivity index (χ0n) is 21.9. The van der Waals surface area contributed by atoms with Crippen molar-refractivity contribution in [3.05, 3.63) is 90.0 Å². The second-order valence-corrected chi connectivity index (χ2v) is 10.4. The topological polar surface area (TPSA) is 96.0 Å². The van der Waals surface area contributed by atoms with Crippen LogP contribution < -0.4 is 14.4 Å². The summed E-state index contributed by atoms with van der Waals surface area (Å²) >= 11 is 0. The Morgan fingerprint density at radius 3 is 1.97 bits per heavy atom. The highest BCUT2D eigenvalue weighted by atomic mass is 32.2. The van der Waals surface area contributed by atoms with Gasteiger partial charge >= 0.3 is 0 Å². The third-order valence-corrected chi connectivity index (χ3v) is 7.80. The van der Waals surface area contributed by atoms with E-state index in [2.05, 4.69) is 5.32 Å². The van der Waals surface area contributed by atoms with Crippen LogP contribution in [0.4, 0.5) is 14.5 Å². The molecule has 11 heteroatoms. The van der Waals surface area contributed by atoms with Crippen molar-refractivity contribution < 1.29 is 31.5 Å². The van der Waals surface area contributed by atoms with Crippen molar-refractivity contribution in [2.24, 2.45) is 0 Å². The summed E-state index contributed by atoms with van der Waals surface area (Å²) in [6.07, 6.45) is 0.250. The standard InChI is InChI=1S/C28H31F2N3O5S/c1-4-26(28(35)31-3)32(18-20-6-8-21(29)9-7-20)27(34)19-33(23-12-14-24(15-13-23)38-5-2)39(36,37)25-16-10-22(30)11-17-25/h6-17,26H,4-5,18-19H2,1-3H3,(H,31,35)/t26-/m1/s1. The van der Waals surface area contributed by atoms with Gasteiger partial charge in [0, 0.05) is 13.6 Å². The molecule has 0 fully saturated rings. The first-order valence-electron chi connectivity index (χ1n) is 12.4. The fourth-order valence-electron chi connectivity index (χ4n) is 4.01. The third-order valence-electron chi connectivity index (χ3n) is 6.01. The molecule has 3 aromatic carbocycles. The lowest BCUT2D eigenvalue weighted by molar-refractivity contribution is -0.140. The van der Waals surface area contributed by atoms with Crippen molar-refractivity contribution in [1.82, 2.24) is 10.2 Å². The van der Waals surface area contributed by atoms with Crippen LogP contribution in [-0.2, 0) is 26.2 Å². The normalized spacial score (nSPS) is 11.9. The first-order chi connectivity index (χ1) is 18.6. The molecule has 0 saturated heterocycles. The second-order valence-electron chi connectivity index (χ2n) is 8.58. The zero-order chi connectivity index (χ0) is 28.6. The van der Waals surface area contributed by atoms with Crippen molar-refractivity contribution in [2.75, 3.05) is 24.5 Å². The summed E-state index contributed by atoms with van der Waals surface area (Å²) in [5.74, 6) is -1.65. The van der Waals surface area contributed by atoms with Crippen LogP contribution in [0.25, 0.3) is 0 Å². The lowest BCUT2D eigenvalue weighted by Crippen LogP contribution is -2.51. The number of carbonyl (C=O) groups excluding carboxylic acids is 2. The van der Waals surface area contributed by atoms with E-state index >= 15 is 0 Å². The molecular weight excluding hydrogens is 528 g/mol. The number of rotatable bonds is 12. The zero-order valence-corrected chi connectivity index (χ0v) is 22.8. The van der Waals surface area contributed by atoms with E-state index in [0.29, 0.717) is 17.9 Å². The smallest absolute Gasteiger partial charge is 0.264 e. The molecule has 1 N–H and O–H groups in total. The molecule has 208 valence electrons. The van der Waals surface area contributed by atoms with Crippen LogP contribution in [0, 0.1) is 11.6 Å². The molecule has 39 heavy (non-hydrogen) atoms. The third kappa shape index (κ3) is 7.32. The number of hydrogen-bond acceptors (Lipinski definition) is 5. The predicted octanol–water partition coefficient (Wildman–Crippen LogP) is 4.11. The number of hydrogen-bond donors (Lipinski definition) is 1. The van der Waals surface area contributed by atoms with Gasteiger partial charge in [-0.15, -0.1) is 0 Å². The molecule has 0 heterocycles. The number of sulfonamides is 1. The van der Waals surface area contributed by atoms with Crippen LogP contribution in [0.2, 0.25) is 0 Å². The van der Waals surface area contributed by atoms with Crippen LogP contribution in [0.15, 0.2) is 77.7 Å². The van der Waals surface area contributed by atoms with E-state index in [0.717, 1.165) is 28.6 Å². The van der Waals surface area contributed by atoms with Gasteiger partial charge in [-0.05, 0) is 79.6 Å². The van der Waals surface area contributed by atoms with Gasteiger partial charge in [0.25, 0.3) is 10.0 Å². The SMILES string of the molecule is CCOc1ccc(N(CC(=O)N(Cc2ccc(F)cc2)[C@H](CC)C(=O)NC)S(=O)(=O)c2ccc(F)cc2)cc1. The predicted molar refractivity (Wildman–Crippen MR) is 144 cm³/mol. The lowest BCUT2D eigenvalue weighted by Gasteiger charge is -2.33. The average Bonchev–Trinajstić information content (AvgIpc) is 2.93. The number of ether oxygens (including phenoxy) is 1. The summed E-state index contributed by atoms with van der Waals surface area (Å²) in [5.41, 5.74) is 0.729. The van der Waals surface area contributed by atoms with E-state index in [-0.39, 0.29) is 23.5 Å². The number of anilines is 1.